The highest BCUT2D eigenvalue weighted by atomic mass is 16.5. The number of amides is 1. The zero-order valence-corrected chi connectivity index (χ0v) is 13.1. The summed E-state index contributed by atoms with van der Waals surface area (Å²) >= 11 is 0. The molecule has 0 atom stereocenters. The number of hydrogen-bond donors (Lipinski definition) is 2. The van der Waals surface area contributed by atoms with E-state index in [1.54, 1.807) is 13.2 Å². The first-order valence-corrected chi connectivity index (χ1v) is 7.33. The van der Waals surface area contributed by atoms with Gasteiger partial charge in [-0.1, -0.05) is 35.9 Å². The van der Waals surface area contributed by atoms with Crippen LogP contribution in [0.4, 0.5) is 5.69 Å². The third-order valence-corrected chi connectivity index (χ3v) is 3.55. The van der Waals surface area contributed by atoms with Crippen molar-refractivity contribution in [3.8, 4) is 5.75 Å². The Balaban J connectivity index is 1.81. The van der Waals surface area contributed by atoms with Gasteiger partial charge in [-0.05, 0) is 36.6 Å². The van der Waals surface area contributed by atoms with Crippen molar-refractivity contribution in [2.45, 2.75) is 26.3 Å². The Hall–Kier alpha value is -2.49. The molecule has 2 aromatic rings. The van der Waals surface area contributed by atoms with Crippen LogP contribution in [0.5, 0.6) is 5.75 Å². The highest BCUT2D eigenvalue weighted by Crippen LogP contribution is 2.22. The van der Waals surface area contributed by atoms with Gasteiger partial charge in [0.2, 0.25) is 5.91 Å². The number of carbonyl (C=O) groups is 1. The fourth-order valence-corrected chi connectivity index (χ4v) is 2.16. The van der Waals surface area contributed by atoms with E-state index in [2.05, 4.69) is 5.32 Å². The number of rotatable bonds is 6. The van der Waals surface area contributed by atoms with Gasteiger partial charge < -0.3 is 15.8 Å². The number of ether oxygens (including phenoxy) is 1. The van der Waals surface area contributed by atoms with E-state index in [4.69, 9.17) is 10.5 Å². The average molecular weight is 298 g/mol. The van der Waals surface area contributed by atoms with Gasteiger partial charge in [0.1, 0.15) is 5.75 Å². The van der Waals surface area contributed by atoms with Gasteiger partial charge in [-0.25, -0.2) is 0 Å². The Morgan fingerprint density at radius 1 is 1.14 bits per heavy atom. The molecule has 1 amide bonds. The largest absolute Gasteiger partial charge is 0.495 e. The zero-order valence-electron chi connectivity index (χ0n) is 13.1. The fourth-order valence-electron chi connectivity index (χ4n) is 2.16. The van der Waals surface area contributed by atoms with Crippen molar-refractivity contribution in [2.75, 3.05) is 12.8 Å². The number of nitrogens with two attached hydrogens (primary N) is 1. The summed E-state index contributed by atoms with van der Waals surface area (Å²) in [6.07, 6.45) is 1.11. The highest BCUT2D eigenvalue weighted by Gasteiger charge is 2.05. The maximum atomic E-state index is 11.9. The minimum Gasteiger partial charge on any atom is -0.495 e. The van der Waals surface area contributed by atoms with E-state index in [0.717, 1.165) is 11.1 Å². The quantitative estimate of drug-likeness (QED) is 0.806. The van der Waals surface area contributed by atoms with E-state index in [0.29, 0.717) is 30.8 Å². The molecule has 2 aromatic carbocycles. The molecule has 0 unspecified atom stereocenters. The van der Waals surface area contributed by atoms with Crippen LogP contribution in [-0.4, -0.2) is 13.0 Å². The number of benzene rings is 2. The number of nitrogens with one attached hydrogen (secondary N) is 1. The van der Waals surface area contributed by atoms with Crippen LogP contribution in [0.2, 0.25) is 0 Å². The van der Waals surface area contributed by atoms with Gasteiger partial charge in [-0.2, -0.15) is 0 Å². The van der Waals surface area contributed by atoms with E-state index >= 15 is 0 Å². The predicted molar refractivity (Wildman–Crippen MR) is 88.8 cm³/mol. The summed E-state index contributed by atoms with van der Waals surface area (Å²) < 4.78 is 5.18. The van der Waals surface area contributed by atoms with Crippen molar-refractivity contribution < 1.29 is 9.53 Å². The van der Waals surface area contributed by atoms with Crippen molar-refractivity contribution in [1.82, 2.24) is 5.32 Å². The van der Waals surface area contributed by atoms with E-state index in [-0.39, 0.29) is 5.91 Å². The summed E-state index contributed by atoms with van der Waals surface area (Å²) in [4.78, 5) is 11.9. The molecule has 0 aliphatic rings. The Morgan fingerprint density at radius 2 is 1.82 bits per heavy atom. The smallest absolute Gasteiger partial charge is 0.220 e. The third kappa shape index (κ3) is 4.52. The minimum atomic E-state index is 0.0383. The summed E-state index contributed by atoms with van der Waals surface area (Å²) in [5, 5.41) is 2.93. The summed E-state index contributed by atoms with van der Waals surface area (Å²) in [5.41, 5.74) is 9.74. The molecule has 0 aromatic heterocycles. The number of methoxy groups -OCH3 is 1. The molecule has 0 saturated carbocycles. The second-order valence-electron chi connectivity index (χ2n) is 5.34. The molecule has 0 aliphatic heterocycles. The molecule has 3 N–H and O–H groups in total. The lowest BCUT2D eigenvalue weighted by molar-refractivity contribution is -0.121. The lowest BCUT2D eigenvalue weighted by Gasteiger charge is -2.08. The summed E-state index contributed by atoms with van der Waals surface area (Å²) in [5.74, 6) is 0.689. The number of aryl methyl sites for hydroxylation is 2. The van der Waals surface area contributed by atoms with Crippen LogP contribution in [0.25, 0.3) is 0 Å². The van der Waals surface area contributed by atoms with Gasteiger partial charge >= 0.3 is 0 Å². The normalized spacial score (nSPS) is 10.3. The lowest BCUT2D eigenvalue weighted by atomic mass is 10.1. The first kappa shape index (κ1) is 15.9. The van der Waals surface area contributed by atoms with E-state index in [1.807, 2.05) is 43.3 Å². The van der Waals surface area contributed by atoms with Crippen molar-refractivity contribution in [3.63, 3.8) is 0 Å². The molecule has 0 heterocycles. The van der Waals surface area contributed by atoms with Gasteiger partial charge in [0, 0.05) is 13.0 Å². The molecule has 0 fully saturated rings. The standard InChI is InChI=1S/C18H22N2O2/c1-13-3-5-15(6-4-13)12-20-18(21)10-8-14-7-9-16(19)17(11-14)22-2/h3-7,9,11H,8,10,12,19H2,1-2H3,(H,20,21). The van der Waals surface area contributed by atoms with Crippen molar-refractivity contribution >= 4 is 11.6 Å². The topological polar surface area (TPSA) is 64.3 Å². The SMILES string of the molecule is COc1cc(CCC(=O)NCc2ccc(C)cc2)ccc1N. The van der Waals surface area contributed by atoms with Crippen LogP contribution >= 0.6 is 0 Å². The molecule has 0 aliphatic carbocycles. The Bertz CT molecular complexity index is 636. The van der Waals surface area contributed by atoms with E-state index < -0.39 is 0 Å². The van der Waals surface area contributed by atoms with Crippen molar-refractivity contribution in [3.05, 3.63) is 59.2 Å². The summed E-state index contributed by atoms with van der Waals surface area (Å²) in [6, 6.07) is 13.7. The van der Waals surface area contributed by atoms with Gasteiger partial charge in [-0.15, -0.1) is 0 Å². The molecule has 0 bridgehead atoms. The maximum Gasteiger partial charge on any atom is 0.220 e. The van der Waals surface area contributed by atoms with Crippen LogP contribution in [0.15, 0.2) is 42.5 Å². The van der Waals surface area contributed by atoms with Gasteiger partial charge in [0.05, 0.1) is 12.8 Å². The zero-order chi connectivity index (χ0) is 15.9. The minimum absolute atomic E-state index is 0.0383. The molecular weight excluding hydrogens is 276 g/mol. The first-order valence-electron chi connectivity index (χ1n) is 7.33. The van der Waals surface area contributed by atoms with Crippen molar-refractivity contribution in [2.24, 2.45) is 0 Å². The van der Waals surface area contributed by atoms with Gasteiger partial charge in [0.25, 0.3) is 0 Å². The van der Waals surface area contributed by atoms with E-state index in [1.165, 1.54) is 5.56 Å². The molecule has 4 heteroatoms. The lowest BCUT2D eigenvalue weighted by Crippen LogP contribution is -2.22. The van der Waals surface area contributed by atoms with Crippen LogP contribution in [0.3, 0.4) is 0 Å². The molecule has 4 nitrogen and oxygen atoms in total. The second kappa shape index (κ2) is 7.50. The molecule has 22 heavy (non-hydrogen) atoms. The van der Waals surface area contributed by atoms with E-state index in [9.17, 15) is 4.79 Å². The number of anilines is 1. The second-order valence-corrected chi connectivity index (χ2v) is 5.34. The number of hydrogen-bond acceptors (Lipinski definition) is 3. The molecular formula is C18H22N2O2. The molecule has 0 saturated heterocycles. The van der Waals surface area contributed by atoms with Crippen LogP contribution in [0.1, 0.15) is 23.1 Å². The summed E-state index contributed by atoms with van der Waals surface area (Å²) in [6.45, 7) is 2.60. The van der Waals surface area contributed by atoms with Gasteiger partial charge in [-0.3, -0.25) is 4.79 Å². The average Bonchev–Trinajstić information content (AvgIpc) is 2.53. The van der Waals surface area contributed by atoms with Crippen LogP contribution in [0, 0.1) is 6.92 Å². The molecule has 2 rings (SSSR count). The molecule has 0 spiro atoms. The fraction of sp³-hybridized carbons (Fsp3) is 0.278. The highest BCUT2D eigenvalue weighted by molar-refractivity contribution is 5.76. The molecule has 0 radical (unpaired) electrons. The van der Waals surface area contributed by atoms with Gasteiger partial charge in [0.15, 0.2) is 0 Å². The maximum absolute atomic E-state index is 11.9. The predicted octanol–water partition coefficient (Wildman–Crippen LogP) is 2.83. The molecule has 116 valence electrons. The Morgan fingerprint density at radius 3 is 2.50 bits per heavy atom. The van der Waals surface area contributed by atoms with Crippen LogP contribution < -0.4 is 15.8 Å². The van der Waals surface area contributed by atoms with Crippen molar-refractivity contribution in [1.29, 1.82) is 0 Å². The first-order chi connectivity index (χ1) is 10.6. The number of nitrogen functional groups attached to an aromatic ring is 1. The monoisotopic (exact) mass is 298 g/mol. The number of carbonyl (C=O) groups excluding carboxylic acids is 1. The Kier molecular flexibility index (Phi) is 5.42. The Labute approximate surface area is 131 Å². The summed E-state index contributed by atoms with van der Waals surface area (Å²) in [7, 11) is 1.59. The third-order valence-electron chi connectivity index (χ3n) is 3.55. The van der Waals surface area contributed by atoms with Crippen LogP contribution in [-0.2, 0) is 17.8 Å².